The molecule has 3 N–H and O–H groups in total. The summed E-state index contributed by atoms with van der Waals surface area (Å²) in [6.07, 6.45) is 0. The molecule has 0 saturated heterocycles. The van der Waals surface area contributed by atoms with Gasteiger partial charge in [-0.15, -0.1) is 0 Å². The highest BCUT2D eigenvalue weighted by Gasteiger charge is 2.10. The van der Waals surface area contributed by atoms with E-state index in [1.54, 1.807) is 32.4 Å². The first-order valence-electron chi connectivity index (χ1n) is 8.22. The van der Waals surface area contributed by atoms with Crippen molar-refractivity contribution in [2.75, 3.05) is 14.2 Å². The van der Waals surface area contributed by atoms with Crippen LogP contribution in [0.5, 0.6) is 17.2 Å². The lowest BCUT2D eigenvalue weighted by Gasteiger charge is -2.13. The second kappa shape index (κ2) is 9.61. The average Bonchev–Trinajstić information content (AvgIpc) is 2.65. The monoisotopic (exact) mass is 379 g/mol. The quantitative estimate of drug-likeness (QED) is 0.544. The van der Waals surface area contributed by atoms with E-state index in [-0.39, 0.29) is 18.3 Å². The van der Waals surface area contributed by atoms with Gasteiger partial charge in [-0.2, -0.15) is 8.78 Å². The molecule has 2 rings (SSSR count). The molecule has 0 heterocycles. The normalized spacial score (nSPS) is 11.4. The van der Waals surface area contributed by atoms with E-state index >= 15 is 0 Å². The zero-order chi connectivity index (χ0) is 19.8. The fourth-order valence-electron chi connectivity index (χ4n) is 2.45. The predicted octanol–water partition coefficient (Wildman–Crippen LogP) is 3.22. The first-order chi connectivity index (χ1) is 12.9. The van der Waals surface area contributed by atoms with Crippen molar-refractivity contribution in [3.8, 4) is 17.2 Å². The summed E-state index contributed by atoms with van der Waals surface area (Å²) in [4.78, 5) is 4.25. The Balaban J connectivity index is 2.01. The SMILES string of the molecule is COc1ccc(CN=C(N)NCc2cc(C)ccc2OC(F)F)cc1OC. The van der Waals surface area contributed by atoms with Crippen LogP contribution >= 0.6 is 0 Å². The van der Waals surface area contributed by atoms with Gasteiger partial charge in [0.15, 0.2) is 17.5 Å². The number of halogens is 2. The summed E-state index contributed by atoms with van der Waals surface area (Å²) in [5.41, 5.74) is 8.26. The van der Waals surface area contributed by atoms with Crippen LogP contribution in [0.25, 0.3) is 0 Å². The first-order valence-corrected chi connectivity index (χ1v) is 8.22. The number of ether oxygens (including phenoxy) is 3. The van der Waals surface area contributed by atoms with Gasteiger partial charge < -0.3 is 25.3 Å². The molecule has 0 atom stereocenters. The summed E-state index contributed by atoms with van der Waals surface area (Å²) in [7, 11) is 3.12. The number of nitrogens with one attached hydrogen (secondary N) is 1. The predicted molar refractivity (Wildman–Crippen MR) is 99.5 cm³/mol. The Kier molecular flexibility index (Phi) is 7.22. The molecule has 0 aromatic heterocycles. The standard InChI is InChI=1S/C19H23F2N3O3/c1-12-4-6-15(27-18(20)21)14(8-12)11-24-19(22)23-10-13-5-7-16(25-2)17(9-13)26-3/h4-9,18H,10-11H2,1-3H3,(H3,22,23,24). The molecule has 0 radical (unpaired) electrons. The maximum atomic E-state index is 12.5. The summed E-state index contributed by atoms with van der Waals surface area (Å²) in [5, 5.41) is 2.91. The molecule has 0 aliphatic rings. The Morgan fingerprint density at radius 1 is 1.07 bits per heavy atom. The zero-order valence-electron chi connectivity index (χ0n) is 15.5. The van der Waals surface area contributed by atoms with Gasteiger partial charge in [0.05, 0.1) is 20.8 Å². The number of nitrogens with zero attached hydrogens (tertiary/aromatic N) is 1. The Labute approximate surface area is 156 Å². The van der Waals surface area contributed by atoms with Crippen molar-refractivity contribution in [1.29, 1.82) is 0 Å². The number of methoxy groups -OCH3 is 2. The lowest BCUT2D eigenvalue weighted by molar-refractivity contribution is -0.0504. The van der Waals surface area contributed by atoms with Crippen molar-refractivity contribution in [2.24, 2.45) is 10.7 Å². The molecule has 8 heteroatoms. The molecule has 0 aliphatic heterocycles. The number of alkyl halides is 2. The number of hydrogen-bond acceptors (Lipinski definition) is 4. The van der Waals surface area contributed by atoms with Gasteiger partial charge in [0.25, 0.3) is 0 Å². The second-order valence-electron chi connectivity index (χ2n) is 5.73. The maximum absolute atomic E-state index is 12.5. The van der Waals surface area contributed by atoms with Crippen LogP contribution in [0.2, 0.25) is 0 Å². The van der Waals surface area contributed by atoms with Crippen LogP contribution in [-0.2, 0) is 13.1 Å². The highest BCUT2D eigenvalue weighted by atomic mass is 19.3. The summed E-state index contributed by atoms with van der Waals surface area (Å²) in [6, 6.07) is 10.4. The van der Waals surface area contributed by atoms with E-state index < -0.39 is 6.61 Å². The van der Waals surface area contributed by atoms with E-state index in [1.807, 2.05) is 19.1 Å². The van der Waals surface area contributed by atoms with Crippen LogP contribution in [0.3, 0.4) is 0 Å². The number of hydrogen-bond donors (Lipinski definition) is 2. The lowest BCUT2D eigenvalue weighted by Crippen LogP contribution is -2.31. The van der Waals surface area contributed by atoms with Crippen molar-refractivity contribution in [3.05, 3.63) is 53.1 Å². The van der Waals surface area contributed by atoms with Gasteiger partial charge in [-0.25, -0.2) is 4.99 Å². The third-order valence-electron chi connectivity index (χ3n) is 3.77. The van der Waals surface area contributed by atoms with Gasteiger partial charge >= 0.3 is 6.61 Å². The van der Waals surface area contributed by atoms with E-state index in [0.29, 0.717) is 23.6 Å². The number of rotatable bonds is 8. The van der Waals surface area contributed by atoms with E-state index in [0.717, 1.165) is 11.1 Å². The van der Waals surface area contributed by atoms with Crippen molar-refractivity contribution in [2.45, 2.75) is 26.6 Å². The number of nitrogens with two attached hydrogens (primary N) is 1. The first kappa shape index (κ1) is 20.3. The van der Waals surface area contributed by atoms with E-state index in [1.165, 1.54) is 6.07 Å². The summed E-state index contributed by atoms with van der Waals surface area (Å²) >= 11 is 0. The van der Waals surface area contributed by atoms with E-state index in [4.69, 9.17) is 15.2 Å². The van der Waals surface area contributed by atoms with Gasteiger partial charge in [0.1, 0.15) is 5.75 Å². The van der Waals surface area contributed by atoms with Crippen molar-refractivity contribution >= 4 is 5.96 Å². The Hall–Kier alpha value is -3.03. The molecule has 0 saturated carbocycles. The molecule has 0 unspecified atom stereocenters. The molecule has 0 spiro atoms. The third kappa shape index (κ3) is 6.02. The van der Waals surface area contributed by atoms with Crippen LogP contribution in [-0.4, -0.2) is 26.8 Å². The van der Waals surface area contributed by atoms with E-state index in [9.17, 15) is 8.78 Å². The van der Waals surface area contributed by atoms with Crippen molar-refractivity contribution in [3.63, 3.8) is 0 Å². The van der Waals surface area contributed by atoms with E-state index in [2.05, 4.69) is 15.0 Å². The molecule has 2 aromatic rings. The smallest absolute Gasteiger partial charge is 0.387 e. The minimum Gasteiger partial charge on any atom is -0.493 e. The van der Waals surface area contributed by atoms with Crippen LogP contribution in [0, 0.1) is 6.92 Å². The molecular formula is C19H23F2N3O3. The van der Waals surface area contributed by atoms with Gasteiger partial charge in [0, 0.05) is 12.1 Å². The maximum Gasteiger partial charge on any atom is 0.387 e. The molecule has 0 aliphatic carbocycles. The highest BCUT2D eigenvalue weighted by molar-refractivity contribution is 5.77. The van der Waals surface area contributed by atoms with Crippen molar-refractivity contribution in [1.82, 2.24) is 5.32 Å². The molecule has 0 bridgehead atoms. The Morgan fingerprint density at radius 2 is 1.78 bits per heavy atom. The zero-order valence-corrected chi connectivity index (χ0v) is 15.5. The average molecular weight is 379 g/mol. The fourth-order valence-corrected chi connectivity index (χ4v) is 2.45. The largest absolute Gasteiger partial charge is 0.493 e. The minimum absolute atomic E-state index is 0.107. The number of benzene rings is 2. The topological polar surface area (TPSA) is 78.1 Å². The van der Waals surface area contributed by atoms with Crippen LogP contribution in [0.1, 0.15) is 16.7 Å². The van der Waals surface area contributed by atoms with Crippen LogP contribution in [0.4, 0.5) is 8.78 Å². The van der Waals surface area contributed by atoms with Crippen LogP contribution < -0.4 is 25.3 Å². The molecular weight excluding hydrogens is 356 g/mol. The second-order valence-corrected chi connectivity index (χ2v) is 5.73. The molecule has 27 heavy (non-hydrogen) atoms. The van der Waals surface area contributed by atoms with Gasteiger partial charge in [0.2, 0.25) is 0 Å². The number of aryl methyl sites for hydroxylation is 1. The summed E-state index contributed by atoms with van der Waals surface area (Å²) < 4.78 is 40.0. The van der Waals surface area contributed by atoms with Gasteiger partial charge in [-0.05, 0) is 30.7 Å². The Bertz CT molecular complexity index is 798. The molecule has 0 amide bonds. The number of guanidine groups is 1. The lowest BCUT2D eigenvalue weighted by atomic mass is 10.1. The van der Waals surface area contributed by atoms with Gasteiger partial charge in [-0.3, -0.25) is 0 Å². The molecule has 2 aromatic carbocycles. The van der Waals surface area contributed by atoms with Crippen LogP contribution in [0.15, 0.2) is 41.4 Å². The number of aliphatic imine (C=N–C) groups is 1. The fraction of sp³-hybridized carbons (Fsp3) is 0.316. The summed E-state index contributed by atoms with van der Waals surface area (Å²) in [6.45, 7) is -0.481. The third-order valence-corrected chi connectivity index (χ3v) is 3.77. The minimum atomic E-state index is -2.89. The van der Waals surface area contributed by atoms with Crippen molar-refractivity contribution < 1.29 is 23.0 Å². The molecule has 6 nitrogen and oxygen atoms in total. The molecule has 146 valence electrons. The van der Waals surface area contributed by atoms with Gasteiger partial charge in [-0.1, -0.05) is 23.8 Å². The Morgan fingerprint density at radius 3 is 2.44 bits per heavy atom. The molecule has 0 fully saturated rings. The summed E-state index contributed by atoms with van der Waals surface area (Å²) in [5.74, 6) is 1.53. The highest BCUT2D eigenvalue weighted by Crippen LogP contribution is 2.27.